The van der Waals surface area contributed by atoms with Crippen LogP contribution in [0.25, 0.3) is 44.1 Å². The number of H-pyrrole nitrogens is 1. The van der Waals surface area contributed by atoms with E-state index >= 15 is 0 Å². The van der Waals surface area contributed by atoms with Gasteiger partial charge in [-0.25, -0.2) is 19.2 Å². The number of hydrogen-bond donors (Lipinski definition) is 1. The van der Waals surface area contributed by atoms with E-state index in [0.717, 1.165) is 71.9 Å². The third-order valence-electron chi connectivity index (χ3n) is 12.1. The molecule has 6 aromatic carbocycles. The van der Waals surface area contributed by atoms with Gasteiger partial charge in [-0.3, -0.25) is 0 Å². The molecule has 0 fully saturated rings. The summed E-state index contributed by atoms with van der Waals surface area (Å²) in [4.78, 5) is 52.2. The second kappa shape index (κ2) is 25.8. The molecule has 0 aliphatic heterocycles. The molecule has 0 radical (unpaired) electrons. The molecular weight excluding hydrogens is 1000 g/mol. The first-order chi connectivity index (χ1) is 34.6. The van der Waals surface area contributed by atoms with E-state index in [-0.39, 0.29) is 54.9 Å². The fourth-order valence-corrected chi connectivity index (χ4v) is 8.61. The Balaban J connectivity index is 0.000000265. The van der Waals surface area contributed by atoms with Gasteiger partial charge in [-0.2, -0.15) is 0 Å². The largest absolute Gasteiger partial charge is 1.00 e. The van der Waals surface area contributed by atoms with Crippen molar-refractivity contribution >= 4 is 61.6 Å². The van der Waals surface area contributed by atoms with Gasteiger partial charge in [0.2, 0.25) is 0 Å². The Labute approximate surface area is 468 Å². The first kappa shape index (κ1) is 58.6. The predicted octanol–water partition coefficient (Wildman–Crippen LogP) is 12.4. The molecule has 0 saturated heterocycles. The number of alkyl halides is 1. The summed E-state index contributed by atoms with van der Waals surface area (Å²) < 4.78 is 23.5. The minimum atomic E-state index is -0.555. The zero-order valence-electron chi connectivity index (χ0n) is 46.1. The molecule has 0 aliphatic rings. The molecular formula is C62H68BrN2NaO8. The van der Waals surface area contributed by atoms with Crippen molar-refractivity contribution in [3.8, 4) is 22.3 Å². The zero-order chi connectivity index (χ0) is 53.2. The van der Waals surface area contributed by atoms with Crippen LogP contribution in [0.15, 0.2) is 133 Å². The smallest absolute Gasteiger partial charge is 1.00 e. The number of nitrogens with one attached hydrogen (secondary N) is 1. The van der Waals surface area contributed by atoms with E-state index in [1.807, 2.05) is 166 Å². The van der Waals surface area contributed by atoms with Crippen LogP contribution in [0.4, 0.5) is 0 Å². The number of hydrogen-bond acceptors (Lipinski definition) is 8. The van der Waals surface area contributed by atoms with Crippen molar-refractivity contribution < 1.29 is 69.1 Å². The van der Waals surface area contributed by atoms with E-state index in [2.05, 4.69) is 63.6 Å². The first-order valence-electron chi connectivity index (χ1n) is 24.5. The third kappa shape index (κ3) is 15.0. The summed E-state index contributed by atoms with van der Waals surface area (Å²) in [7, 11) is 0. The number of rotatable bonds is 11. The maximum Gasteiger partial charge on any atom is 1.00 e. The van der Waals surface area contributed by atoms with Crippen LogP contribution in [0.3, 0.4) is 0 Å². The Kier molecular flexibility index (Phi) is 20.5. The molecule has 0 saturated carbocycles. The van der Waals surface area contributed by atoms with Crippen LogP contribution in [0.1, 0.15) is 132 Å². The third-order valence-corrected chi connectivity index (χ3v) is 12.7. The van der Waals surface area contributed by atoms with Gasteiger partial charge in [-0.05, 0) is 176 Å². The van der Waals surface area contributed by atoms with Gasteiger partial charge in [0, 0.05) is 45.1 Å². The Morgan fingerprint density at radius 3 is 1.46 bits per heavy atom. The molecule has 8 aromatic rings. The number of carbonyl (C=O) groups is 4. The van der Waals surface area contributed by atoms with Gasteiger partial charge in [0.05, 0.1) is 35.5 Å². The molecule has 0 aliphatic carbocycles. The van der Waals surface area contributed by atoms with Crippen LogP contribution in [0.5, 0.6) is 0 Å². The second-order valence-corrected chi connectivity index (χ2v) is 20.3. The van der Waals surface area contributed by atoms with Gasteiger partial charge in [-0.15, -0.1) is 0 Å². The van der Waals surface area contributed by atoms with Gasteiger partial charge in [0.1, 0.15) is 11.2 Å². The van der Waals surface area contributed by atoms with Crippen LogP contribution in [0.2, 0.25) is 0 Å². The van der Waals surface area contributed by atoms with Gasteiger partial charge in [0.25, 0.3) is 0 Å². The second-order valence-electron chi connectivity index (χ2n) is 19.7. The number of aromatic nitrogens is 2. The average Bonchev–Trinajstić information content (AvgIpc) is 3.78. The Morgan fingerprint density at radius 1 is 0.554 bits per heavy atom. The predicted molar refractivity (Wildman–Crippen MR) is 298 cm³/mol. The van der Waals surface area contributed by atoms with E-state index in [9.17, 15) is 19.2 Å². The standard InChI is InChI=1S/C31H33NO4.C18H19BrO2.C13H15NO2.Na.H/c1-7-35-29(33)24-16-17-28-27(18-24)20(2)21(3)32(28)19-22-12-14-23(15-13-22)25-10-8-9-11-26(25)30(34)36-31(4,5)6;1-18(2,3)21-17(20)16-7-5-4-6-15(16)14-10-8-13(12-19)9-11-14;1-4-16-13(15)10-5-6-12-11(7-10)8(2)9(3)14-12;;/h8-18H,7,19H2,1-6H3;4-11H,12H2,1-3H3;5-7,14H,4H2,1-3H3;;/q;;;+1;-1. The number of aryl methyl sites for hydroxylation is 3. The van der Waals surface area contributed by atoms with Gasteiger partial charge in [-0.1, -0.05) is 101 Å². The van der Waals surface area contributed by atoms with E-state index in [4.69, 9.17) is 18.9 Å². The Bertz CT molecular complexity index is 3250. The summed E-state index contributed by atoms with van der Waals surface area (Å²) in [5.41, 5.74) is 14.1. The van der Waals surface area contributed by atoms with Gasteiger partial charge >= 0.3 is 53.4 Å². The van der Waals surface area contributed by atoms with Crippen molar-refractivity contribution in [3.05, 3.63) is 189 Å². The van der Waals surface area contributed by atoms with Crippen molar-refractivity contribution in [3.63, 3.8) is 0 Å². The maximum absolute atomic E-state index is 12.8. The Hall–Kier alpha value is -6.24. The summed E-state index contributed by atoms with van der Waals surface area (Å²) in [6, 6.07) is 42.8. The number of benzene rings is 6. The molecule has 10 nitrogen and oxygen atoms in total. The van der Waals surface area contributed by atoms with E-state index in [1.165, 1.54) is 11.1 Å². The van der Waals surface area contributed by atoms with Crippen LogP contribution in [-0.4, -0.2) is 57.8 Å². The molecule has 8 rings (SSSR count). The summed E-state index contributed by atoms with van der Waals surface area (Å²) in [6.45, 7) is 24.6. The quantitative estimate of drug-likeness (QED) is 0.0587. The zero-order valence-corrected chi connectivity index (χ0v) is 48.7. The van der Waals surface area contributed by atoms with Crippen molar-refractivity contribution in [2.75, 3.05) is 13.2 Å². The molecule has 0 unspecified atom stereocenters. The number of esters is 4. The van der Waals surface area contributed by atoms with E-state index < -0.39 is 11.2 Å². The normalized spacial score (nSPS) is 11.1. The Morgan fingerprint density at radius 2 is 1.00 bits per heavy atom. The number of fused-ring (bicyclic) bond motifs is 2. The summed E-state index contributed by atoms with van der Waals surface area (Å²) in [5.74, 6) is -1.17. The van der Waals surface area contributed by atoms with Gasteiger partial charge in [0.15, 0.2) is 0 Å². The molecule has 1 N–H and O–H groups in total. The molecule has 0 amide bonds. The number of aromatic amines is 1. The van der Waals surface area contributed by atoms with E-state index in [1.54, 1.807) is 12.1 Å². The monoisotopic (exact) mass is 1070 g/mol. The van der Waals surface area contributed by atoms with E-state index in [0.29, 0.717) is 42.0 Å². The van der Waals surface area contributed by atoms with Crippen molar-refractivity contribution in [1.82, 2.24) is 9.55 Å². The minimum absolute atomic E-state index is 0. The average molecular weight is 1070 g/mol. The number of halogens is 1. The van der Waals surface area contributed by atoms with Crippen molar-refractivity contribution in [2.45, 2.75) is 106 Å². The molecule has 12 heteroatoms. The first-order valence-corrected chi connectivity index (χ1v) is 25.7. The maximum atomic E-state index is 12.8. The molecule has 74 heavy (non-hydrogen) atoms. The van der Waals surface area contributed by atoms with Crippen molar-refractivity contribution in [2.24, 2.45) is 0 Å². The minimum Gasteiger partial charge on any atom is -1.00 e. The number of carbonyl (C=O) groups excluding carboxylic acids is 4. The molecule has 0 atom stereocenters. The summed E-state index contributed by atoms with van der Waals surface area (Å²) >= 11 is 3.43. The van der Waals surface area contributed by atoms with Crippen molar-refractivity contribution in [1.29, 1.82) is 0 Å². The van der Waals surface area contributed by atoms with Crippen LogP contribution >= 0.6 is 15.9 Å². The fraction of sp³-hybridized carbons (Fsp3) is 0.290. The van der Waals surface area contributed by atoms with Gasteiger partial charge < -0.3 is 29.9 Å². The molecule has 382 valence electrons. The molecule has 0 spiro atoms. The van der Waals surface area contributed by atoms with Crippen LogP contribution < -0.4 is 29.6 Å². The summed E-state index contributed by atoms with van der Waals surface area (Å²) in [5, 5.41) is 2.96. The van der Waals surface area contributed by atoms with Crippen LogP contribution in [0, 0.1) is 27.7 Å². The summed E-state index contributed by atoms with van der Waals surface area (Å²) in [6.07, 6.45) is 0. The van der Waals surface area contributed by atoms with Crippen LogP contribution in [-0.2, 0) is 30.8 Å². The topological polar surface area (TPSA) is 126 Å². The SMILES string of the molecule is CC(C)(C)OC(=O)c1ccccc1-c1ccc(CBr)cc1.CCOC(=O)c1ccc2[nH]c(C)c(C)c2c1.CCOC(=O)c1ccc2c(c1)c(C)c(C)n2Cc1ccc(-c2ccccc2C(=O)OC(C)(C)C)cc1.[H-].[Na+]. The fourth-order valence-electron chi connectivity index (χ4n) is 8.24. The number of ether oxygens (including phenoxy) is 4. The molecule has 2 aromatic heterocycles. The number of nitrogens with zero attached hydrogens (tertiary/aromatic N) is 1. The molecule has 2 heterocycles. The molecule has 0 bridgehead atoms.